The highest BCUT2D eigenvalue weighted by atomic mass is 16.5. The van der Waals surface area contributed by atoms with Gasteiger partial charge >= 0.3 is 0 Å². The molecular weight excluding hydrogens is 466 g/mol. The van der Waals surface area contributed by atoms with E-state index in [0.717, 1.165) is 16.8 Å². The van der Waals surface area contributed by atoms with Gasteiger partial charge in [-0.3, -0.25) is 19.6 Å². The summed E-state index contributed by atoms with van der Waals surface area (Å²) in [6.45, 7) is 0.275. The number of para-hydroxylation sites is 2. The Morgan fingerprint density at radius 3 is 2.24 bits per heavy atom. The van der Waals surface area contributed by atoms with Crippen molar-refractivity contribution < 1.29 is 14.3 Å². The molecule has 0 bridgehead atoms. The quantitative estimate of drug-likeness (QED) is 0.286. The molecule has 0 aliphatic rings. The van der Waals surface area contributed by atoms with E-state index in [1.165, 1.54) is 0 Å². The van der Waals surface area contributed by atoms with Crippen LogP contribution < -0.4 is 21.1 Å². The summed E-state index contributed by atoms with van der Waals surface area (Å²) in [5.74, 6) is -0.0628. The summed E-state index contributed by atoms with van der Waals surface area (Å²) in [6.07, 6.45) is 7.91. The van der Waals surface area contributed by atoms with Crippen molar-refractivity contribution in [2.24, 2.45) is 5.73 Å². The number of aromatic nitrogens is 2. The number of rotatable bonds is 12. The molecule has 0 spiro atoms. The molecular formula is C29H29N5O3. The molecule has 1 unspecified atom stereocenters. The first-order valence-corrected chi connectivity index (χ1v) is 12.0. The molecule has 0 saturated carbocycles. The van der Waals surface area contributed by atoms with Crippen LogP contribution in [0.25, 0.3) is 0 Å². The first-order chi connectivity index (χ1) is 18.0. The molecule has 0 saturated heterocycles. The highest BCUT2D eigenvalue weighted by Gasteiger charge is 2.28. The lowest BCUT2D eigenvalue weighted by molar-refractivity contribution is -0.122. The number of ketones is 1. The van der Waals surface area contributed by atoms with Gasteiger partial charge in [0.2, 0.25) is 5.91 Å². The van der Waals surface area contributed by atoms with Crippen LogP contribution in [0.4, 0.5) is 11.4 Å². The van der Waals surface area contributed by atoms with E-state index < -0.39 is 11.9 Å². The van der Waals surface area contributed by atoms with Gasteiger partial charge in [0.05, 0.1) is 23.6 Å². The van der Waals surface area contributed by atoms with E-state index in [9.17, 15) is 9.59 Å². The standard InChI is InChI=1S/C29H29N5O3/c30-25-7-1-2-8-26(25)34(19-22-9-12-23(13-10-22)29(31)36)27(14-11-21-5-3-15-32-17-21)28(35)20-37-24-6-4-16-33-18-24/h1-10,12-13,15-18,27H,11,14,19-20,30H2,(H2,31,36). The molecule has 2 aromatic carbocycles. The number of anilines is 2. The molecule has 37 heavy (non-hydrogen) atoms. The van der Waals surface area contributed by atoms with Gasteiger partial charge in [0.25, 0.3) is 0 Å². The van der Waals surface area contributed by atoms with Crippen molar-refractivity contribution in [3.8, 4) is 5.75 Å². The Kier molecular flexibility index (Phi) is 8.44. The van der Waals surface area contributed by atoms with Gasteiger partial charge < -0.3 is 21.1 Å². The zero-order valence-electron chi connectivity index (χ0n) is 20.4. The van der Waals surface area contributed by atoms with Gasteiger partial charge in [-0.2, -0.15) is 0 Å². The van der Waals surface area contributed by atoms with Crippen molar-refractivity contribution in [3.05, 3.63) is 114 Å². The van der Waals surface area contributed by atoms with Gasteiger partial charge in [0, 0.05) is 30.7 Å². The summed E-state index contributed by atoms with van der Waals surface area (Å²) in [5.41, 5.74) is 15.4. The lowest BCUT2D eigenvalue weighted by Crippen LogP contribution is -2.44. The average Bonchev–Trinajstić information content (AvgIpc) is 2.93. The highest BCUT2D eigenvalue weighted by molar-refractivity contribution is 5.93. The lowest BCUT2D eigenvalue weighted by atomic mass is 9.99. The molecule has 0 aliphatic carbocycles. The van der Waals surface area contributed by atoms with E-state index in [2.05, 4.69) is 9.97 Å². The van der Waals surface area contributed by atoms with Crippen molar-refractivity contribution in [1.82, 2.24) is 9.97 Å². The SMILES string of the molecule is NC(=O)c1ccc(CN(c2ccccc2N)C(CCc2cccnc2)C(=O)COc2cccnc2)cc1. The Labute approximate surface area is 215 Å². The molecule has 0 radical (unpaired) electrons. The minimum absolute atomic E-state index is 0.0928. The summed E-state index contributed by atoms with van der Waals surface area (Å²) in [7, 11) is 0. The van der Waals surface area contributed by atoms with Gasteiger partial charge in [0.15, 0.2) is 5.78 Å². The molecule has 188 valence electrons. The fourth-order valence-electron chi connectivity index (χ4n) is 4.11. The van der Waals surface area contributed by atoms with Crippen LogP contribution in [0.2, 0.25) is 0 Å². The maximum atomic E-state index is 13.7. The number of pyridine rings is 2. The van der Waals surface area contributed by atoms with Gasteiger partial charge in [0.1, 0.15) is 12.4 Å². The Hall–Kier alpha value is -4.72. The van der Waals surface area contributed by atoms with Crippen molar-refractivity contribution in [2.75, 3.05) is 17.2 Å². The first-order valence-electron chi connectivity index (χ1n) is 12.0. The normalized spacial score (nSPS) is 11.5. The molecule has 0 aliphatic heterocycles. The number of ether oxygens (including phenoxy) is 1. The molecule has 8 heteroatoms. The Morgan fingerprint density at radius 1 is 0.865 bits per heavy atom. The molecule has 4 aromatic rings. The number of primary amides is 1. The maximum absolute atomic E-state index is 13.7. The van der Waals surface area contributed by atoms with Crippen LogP contribution in [0.5, 0.6) is 5.75 Å². The molecule has 8 nitrogen and oxygen atoms in total. The van der Waals surface area contributed by atoms with Crippen LogP contribution in [0.15, 0.2) is 97.6 Å². The van der Waals surface area contributed by atoms with Crippen LogP contribution in [-0.4, -0.2) is 34.3 Å². The van der Waals surface area contributed by atoms with Gasteiger partial charge in [-0.25, -0.2) is 0 Å². The second-order valence-electron chi connectivity index (χ2n) is 8.61. The fraction of sp³-hybridized carbons (Fsp3) is 0.172. The number of nitrogens with zero attached hydrogens (tertiary/aromatic N) is 3. The summed E-state index contributed by atoms with van der Waals surface area (Å²) in [5, 5.41) is 0. The van der Waals surface area contributed by atoms with E-state index in [0.29, 0.717) is 36.4 Å². The number of Topliss-reactive ketones (excluding diaryl/α,β-unsaturated/α-hetero) is 1. The van der Waals surface area contributed by atoms with Crippen molar-refractivity contribution in [3.63, 3.8) is 0 Å². The Balaban J connectivity index is 1.65. The molecule has 4 N–H and O–H groups in total. The number of hydrogen-bond donors (Lipinski definition) is 2. The van der Waals surface area contributed by atoms with Crippen LogP contribution in [0.1, 0.15) is 27.9 Å². The molecule has 2 aromatic heterocycles. The summed E-state index contributed by atoms with van der Waals surface area (Å²) in [4.78, 5) is 35.5. The second kappa shape index (κ2) is 12.3. The largest absolute Gasteiger partial charge is 0.484 e. The molecule has 0 fully saturated rings. The molecule has 1 amide bonds. The second-order valence-corrected chi connectivity index (χ2v) is 8.61. The minimum Gasteiger partial charge on any atom is -0.484 e. The third-order valence-electron chi connectivity index (χ3n) is 6.03. The number of nitrogens with two attached hydrogens (primary N) is 2. The molecule has 1 atom stereocenters. The van der Waals surface area contributed by atoms with E-state index in [1.807, 2.05) is 53.4 Å². The molecule has 4 rings (SSSR count). The van der Waals surface area contributed by atoms with Crippen LogP contribution in [0.3, 0.4) is 0 Å². The van der Waals surface area contributed by atoms with Gasteiger partial charge in [-0.05, 0) is 66.4 Å². The number of carbonyl (C=O) groups is 2. The third kappa shape index (κ3) is 6.91. The predicted molar refractivity (Wildman–Crippen MR) is 143 cm³/mol. The Bertz CT molecular complexity index is 1310. The number of aryl methyl sites for hydroxylation is 1. The summed E-state index contributed by atoms with van der Waals surface area (Å²) >= 11 is 0. The first kappa shape index (κ1) is 25.4. The van der Waals surface area contributed by atoms with Crippen molar-refractivity contribution >= 4 is 23.1 Å². The fourth-order valence-corrected chi connectivity index (χ4v) is 4.11. The highest BCUT2D eigenvalue weighted by Crippen LogP contribution is 2.29. The van der Waals surface area contributed by atoms with E-state index in [4.69, 9.17) is 16.2 Å². The van der Waals surface area contributed by atoms with Crippen molar-refractivity contribution in [2.45, 2.75) is 25.4 Å². The van der Waals surface area contributed by atoms with E-state index >= 15 is 0 Å². The topological polar surface area (TPSA) is 124 Å². The van der Waals surface area contributed by atoms with Gasteiger partial charge in [-0.15, -0.1) is 0 Å². The van der Waals surface area contributed by atoms with Crippen LogP contribution in [0, 0.1) is 0 Å². The number of hydrogen-bond acceptors (Lipinski definition) is 7. The number of benzene rings is 2. The van der Waals surface area contributed by atoms with Crippen LogP contribution >= 0.6 is 0 Å². The van der Waals surface area contributed by atoms with Crippen molar-refractivity contribution in [1.29, 1.82) is 0 Å². The van der Waals surface area contributed by atoms with Gasteiger partial charge in [-0.1, -0.05) is 30.3 Å². The van der Waals surface area contributed by atoms with Crippen LogP contribution in [-0.2, 0) is 17.8 Å². The predicted octanol–water partition coefficient (Wildman–Crippen LogP) is 3.81. The number of nitrogen functional groups attached to an aromatic ring is 1. The zero-order valence-corrected chi connectivity index (χ0v) is 20.4. The number of carbonyl (C=O) groups excluding carboxylic acids is 2. The lowest BCUT2D eigenvalue weighted by Gasteiger charge is -2.34. The smallest absolute Gasteiger partial charge is 0.248 e. The number of amides is 1. The van der Waals surface area contributed by atoms with E-state index in [-0.39, 0.29) is 12.4 Å². The average molecular weight is 496 g/mol. The minimum atomic E-state index is -0.544. The van der Waals surface area contributed by atoms with E-state index in [1.54, 1.807) is 49.1 Å². The summed E-state index contributed by atoms with van der Waals surface area (Å²) < 4.78 is 5.78. The monoisotopic (exact) mass is 495 g/mol. The third-order valence-corrected chi connectivity index (χ3v) is 6.03. The summed E-state index contributed by atoms with van der Waals surface area (Å²) in [6, 6.07) is 21.3. The maximum Gasteiger partial charge on any atom is 0.248 e. The Morgan fingerprint density at radius 2 is 1.59 bits per heavy atom. The zero-order chi connectivity index (χ0) is 26.0. The molecule has 2 heterocycles.